The van der Waals surface area contributed by atoms with Crippen LogP contribution in [0.25, 0.3) is 0 Å². The van der Waals surface area contributed by atoms with Crippen molar-refractivity contribution in [1.82, 2.24) is 0 Å². The Labute approximate surface area is 75.7 Å². The fourth-order valence-electron chi connectivity index (χ4n) is 1.06. The Morgan fingerprint density at radius 1 is 1.58 bits per heavy atom. The fraction of sp³-hybridized carbons (Fsp3) is 0.333. The lowest BCUT2D eigenvalue weighted by Crippen LogP contribution is -2.01. The van der Waals surface area contributed by atoms with E-state index < -0.39 is 0 Å². The third-order valence-electron chi connectivity index (χ3n) is 1.70. The summed E-state index contributed by atoms with van der Waals surface area (Å²) in [5.74, 6) is 0. The summed E-state index contributed by atoms with van der Waals surface area (Å²) in [4.78, 5) is 0. The SMILES string of the molecule is Cc1cccc(C(CO)[S+]=O)c1. The molecule has 0 aliphatic carbocycles. The minimum Gasteiger partial charge on any atom is -0.390 e. The number of aliphatic hydroxyl groups is 1. The van der Waals surface area contributed by atoms with E-state index in [0.717, 1.165) is 11.1 Å². The summed E-state index contributed by atoms with van der Waals surface area (Å²) < 4.78 is 10.5. The van der Waals surface area contributed by atoms with Crippen LogP contribution in [-0.2, 0) is 15.9 Å². The van der Waals surface area contributed by atoms with Gasteiger partial charge in [0.05, 0.1) is 0 Å². The maximum absolute atomic E-state index is 10.5. The molecule has 12 heavy (non-hydrogen) atoms. The second-order valence-corrected chi connectivity index (χ2v) is 3.44. The zero-order valence-electron chi connectivity index (χ0n) is 6.86. The van der Waals surface area contributed by atoms with Crippen LogP contribution in [-0.4, -0.2) is 11.7 Å². The van der Waals surface area contributed by atoms with E-state index in [1.54, 1.807) is 0 Å². The van der Waals surface area contributed by atoms with Crippen molar-refractivity contribution >= 4 is 11.7 Å². The minimum atomic E-state index is -0.329. The van der Waals surface area contributed by atoms with Gasteiger partial charge in [0.15, 0.2) is 0 Å². The van der Waals surface area contributed by atoms with E-state index >= 15 is 0 Å². The Hall–Kier alpha value is -0.800. The van der Waals surface area contributed by atoms with Gasteiger partial charge in [-0.25, -0.2) is 0 Å². The van der Waals surface area contributed by atoms with E-state index in [4.69, 9.17) is 5.11 Å². The zero-order valence-corrected chi connectivity index (χ0v) is 7.67. The third-order valence-corrected chi connectivity index (χ3v) is 2.35. The Balaban J connectivity index is 2.93. The normalized spacial score (nSPS) is 12.5. The predicted octanol–water partition coefficient (Wildman–Crippen LogP) is 1.46. The minimum absolute atomic E-state index is 0.0996. The largest absolute Gasteiger partial charge is 0.469 e. The highest BCUT2D eigenvalue weighted by atomic mass is 32.1. The Kier molecular flexibility index (Phi) is 3.31. The Morgan fingerprint density at radius 2 is 2.33 bits per heavy atom. The van der Waals surface area contributed by atoms with Gasteiger partial charge in [0.25, 0.3) is 5.25 Å². The molecule has 0 aliphatic rings. The first kappa shape index (κ1) is 9.29. The van der Waals surface area contributed by atoms with Crippen molar-refractivity contribution in [2.24, 2.45) is 0 Å². The highest BCUT2D eigenvalue weighted by molar-refractivity contribution is 7.65. The molecule has 0 spiro atoms. The van der Waals surface area contributed by atoms with E-state index in [1.807, 2.05) is 31.2 Å². The Morgan fingerprint density at radius 3 is 2.83 bits per heavy atom. The molecule has 0 aromatic heterocycles. The summed E-state index contributed by atoms with van der Waals surface area (Å²) >= 11 is 0.432. The van der Waals surface area contributed by atoms with Crippen LogP contribution in [0.3, 0.4) is 0 Å². The monoisotopic (exact) mass is 183 g/mol. The molecule has 0 radical (unpaired) electrons. The van der Waals surface area contributed by atoms with Gasteiger partial charge in [0, 0.05) is 9.77 Å². The van der Waals surface area contributed by atoms with E-state index in [2.05, 4.69) is 0 Å². The zero-order chi connectivity index (χ0) is 8.97. The van der Waals surface area contributed by atoms with Crippen LogP contribution in [0, 0.1) is 6.92 Å². The number of benzene rings is 1. The Bertz CT molecular complexity index is 273. The number of rotatable bonds is 3. The fourth-order valence-corrected chi connectivity index (χ4v) is 1.38. The first-order valence-corrected chi connectivity index (χ1v) is 4.54. The molecule has 0 bridgehead atoms. The number of hydrogen-bond donors (Lipinski definition) is 1. The highest BCUT2D eigenvalue weighted by Gasteiger charge is 2.22. The second kappa shape index (κ2) is 4.28. The van der Waals surface area contributed by atoms with Gasteiger partial charge in [-0.3, -0.25) is 0 Å². The summed E-state index contributed by atoms with van der Waals surface area (Å²) in [6.07, 6.45) is 0. The van der Waals surface area contributed by atoms with Crippen molar-refractivity contribution in [3.8, 4) is 0 Å². The first-order chi connectivity index (χ1) is 5.77. The van der Waals surface area contributed by atoms with Crippen LogP contribution in [0.2, 0.25) is 0 Å². The van der Waals surface area contributed by atoms with Gasteiger partial charge in [0.2, 0.25) is 0 Å². The van der Waals surface area contributed by atoms with Crippen molar-refractivity contribution in [3.05, 3.63) is 35.4 Å². The molecular formula is C9H11O2S+. The predicted molar refractivity (Wildman–Crippen MR) is 49.1 cm³/mol. The molecule has 1 aromatic carbocycles. The van der Waals surface area contributed by atoms with Crippen LogP contribution in [0.4, 0.5) is 0 Å². The number of aryl methyl sites for hydroxylation is 1. The van der Waals surface area contributed by atoms with Gasteiger partial charge in [-0.1, -0.05) is 29.8 Å². The van der Waals surface area contributed by atoms with Crippen LogP contribution in [0.5, 0.6) is 0 Å². The van der Waals surface area contributed by atoms with Gasteiger partial charge in [-0.05, 0) is 6.92 Å². The molecule has 1 aromatic rings. The maximum Gasteiger partial charge on any atom is 0.469 e. The molecule has 0 saturated heterocycles. The molecule has 0 fully saturated rings. The lowest BCUT2D eigenvalue weighted by atomic mass is 10.1. The van der Waals surface area contributed by atoms with Crippen molar-refractivity contribution in [3.63, 3.8) is 0 Å². The average Bonchev–Trinajstić information content (AvgIpc) is 2.07. The quantitative estimate of drug-likeness (QED) is 0.720. The summed E-state index contributed by atoms with van der Waals surface area (Å²) in [5, 5.41) is 8.52. The van der Waals surface area contributed by atoms with E-state index in [0.29, 0.717) is 11.7 Å². The molecule has 0 heterocycles. The number of hydrogen-bond acceptors (Lipinski definition) is 2. The van der Waals surface area contributed by atoms with Gasteiger partial charge in [0.1, 0.15) is 6.61 Å². The van der Waals surface area contributed by atoms with Crippen molar-refractivity contribution in [2.75, 3.05) is 6.61 Å². The molecule has 2 nitrogen and oxygen atoms in total. The lowest BCUT2D eigenvalue weighted by Gasteiger charge is -1.98. The van der Waals surface area contributed by atoms with Crippen LogP contribution >= 0.6 is 0 Å². The molecule has 1 unspecified atom stereocenters. The molecule has 0 saturated carbocycles. The smallest absolute Gasteiger partial charge is 0.390 e. The average molecular weight is 183 g/mol. The molecular weight excluding hydrogens is 172 g/mol. The molecule has 64 valence electrons. The lowest BCUT2D eigenvalue weighted by molar-refractivity contribution is 0.295. The first-order valence-electron chi connectivity index (χ1n) is 3.74. The topological polar surface area (TPSA) is 37.3 Å². The van der Waals surface area contributed by atoms with Gasteiger partial charge in [-0.15, -0.1) is 0 Å². The molecule has 1 N–H and O–H groups in total. The van der Waals surface area contributed by atoms with Crippen LogP contribution in [0.15, 0.2) is 24.3 Å². The van der Waals surface area contributed by atoms with E-state index in [-0.39, 0.29) is 11.9 Å². The summed E-state index contributed by atoms with van der Waals surface area (Å²) in [6.45, 7) is 1.87. The van der Waals surface area contributed by atoms with Crippen LogP contribution in [0.1, 0.15) is 16.4 Å². The van der Waals surface area contributed by atoms with Crippen molar-refractivity contribution in [1.29, 1.82) is 0 Å². The molecule has 1 atom stereocenters. The van der Waals surface area contributed by atoms with Gasteiger partial charge < -0.3 is 5.11 Å². The number of aliphatic hydroxyl groups excluding tert-OH is 1. The van der Waals surface area contributed by atoms with Crippen molar-refractivity contribution in [2.45, 2.75) is 12.2 Å². The highest BCUT2D eigenvalue weighted by Crippen LogP contribution is 2.15. The maximum atomic E-state index is 10.5. The summed E-state index contributed by atoms with van der Waals surface area (Å²) in [7, 11) is 0. The summed E-state index contributed by atoms with van der Waals surface area (Å²) in [5.41, 5.74) is 2.01. The molecule has 3 heteroatoms. The molecule has 0 aliphatic heterocycles. The molecule has 1 rings (SSSR count). The van der Waals surface area contributed by atoms with Gasteiger partial charge >= 0.3 is 11.7 Å². The second-order valence-electron chi connectivity index (χ2n) is 2.68. The van der Waals surface area contributed by atoms with Crippen molar-refractivity contribution < 1.29 is 9.32 Å². The van der Waals surface area contributed by atoms with Gasteiger partial charge in [-0.2, -0.15) is 0 Å². The summed E-state index contributed by atoms with van der Waals surface area (Å²) in [6, 6.07) is 7.64. The van der Waals surface area contributed by atoms with E-state index in [9.17, 15) is 4.21 Å². The standard InChI is InChI=1S/C9H11O2S/c1-7-3-2-4-8(5-7)9(6-10)12-11/h2-5,9-10H,6H2,1H3/q+1. The third kappa shape index (κ3) is 2.09. The molecule has 0 amide bonds. The van der Waals surface area contributed by atoms with Crippen LogP contribution < -0.4 is 0 Å². The van der Waals surface area contributed by atoms with E-state index in [1.165, 1.54) is 0 Å².